The number of unbranched alkanes of at least 4 members (excludes halogenated alkanes) is 9. The lowest BCUT2D eigenvalue weighted by Gasteiger charge is -2.00. The molecule has 0 spiro atoms. The Balaban J connectivity index is 3.07. The zero-order chi connectivity index (χ0) is 13.3. The van der Waals surface area contributed by atoms with Gasteiger partial charge in [-0.3, -0.25) is 4.79 Å². The van der Waals surface area contributed by atoms with Crippen molar-refractivity contribution >= 4 is 12.6 Å². The molecule has 0 N–H and O–H groups in total. The largest absolute Gasteiger partial charge is 0.303 e. The van der Waals surface area contributed by atoms with Gasteiger partial charge in [-0.15, -0.1) is 0 Å². The first-order valence-corrected chi connectivity index (χ1v) is 7.12. The van der Waals surface area contributed by atoms with E-state index in [4.69, 9.17) is 0 Å². The average Bonchev–Trinajstić information content (AvgIpc) is 2.39. The molecule has 0 saturated carbocycles. The van der Waals surface area contributed by atoms with Crippen LogP contribution in [0.1, 0.15) is 64.2 Å². The molecule has 0 saturated heterocycles. The lowest BCUT2D eigenvalue weighted by Crippen LogP contribution is -1.82. The molecule has 0 aliphatic rings. The van der Waals surface area contributed by atoms with E-state index in [0.29, 0.717) is 0 Å². The van der Waals surface area contributed by atoms with Crippen LogP contribution < -0.4 is 0 Å². The van der Waals surface area contributed by atoms with Gasteiger partial charge in [0.2, 0.25) is 0 Å². The predicted molar refractivity (Wildman–Crippen MR) is 76.6 cm³/mol. The molecule has 2 nitrogen and oxygen atoms in total. The third-order valence-electron chi connectivity index (χ3n) is 2.88. The summed E-state index contributed by atoms with van der Waals surface area (Å²) in [5.74, 6) is 0. The Kier molecular flexibility index (Phi) is 14.8. The highest BCUT2D eigenvalue weighted by Gasteiger charge is 1.91. The summed E-state index contributed by atoms with van der Waals surface area (Å²) in [4.78, 5) is 20.1. The van der Waals surface area contributed by atoms with Crippen molar-refractivity contribution in [2.24, 2.45) is 0 Å². The third kappa shape index (κ3) is 14.8. The fourth-order valence-electron chi connectivity index (χ4n) is 1.83. The summed E-state index contributed by atoms with van der Waals surface area (Å²) in [5, 5.41) is 0. The van der Waals surface area contributed by atoms with Gasteiger partial charge in [0.15, 0.2) is 0 Å². The molecule has 0 radical (unpaired) electrons. The predicted octanol–water partition coefficient (Wildman–Crippen LogP) is 4.40. The molecule has 0 amide bonds. The quantitative estimate of drug-likeness (QED) is 0.210. The zero-order valence-corrected chi connectivity index (χ0v) is 11.4. The van der Waals surface area contributed by atoms with Gasteiger partial charge in [-0.1, -0.05) is 56.8 Å². The number of aldehydes is 2. The molecule has 0 aliphatic carbocycles. The molecule has 0 aromatic carbocycles. The Bertz CT molecular complexity index is 241. The van der Waals surface area contributed by atoms with Crippen LogP contribution in [0.4, 0.5) is 0 Å². The van der Waals surface area contributed by atoms with Crippen LogP contribution in [-0.4, -0.2) is 12.6 Å². The number of allylic oxidation sites excluding steroid dienone is 4. The molecule has 18 heavy (non-hydrogen) atoms. The minimum absolute atomic E-state index is 0.727. The van der Waals surface area contributed by atoms with Crippen LogP contribution in [0.2, 0.25) is 0 Å². The maximum Gasteiger partial charge on any atom is 0.142 e. The topological polar surface area (TPSA) is 34.1 Å². The van der Waals surface area contributed by atoms with E-state index in [-0.39, 0.29) is 0 Å². The smallest absolute Gasteiger partial charge is 0.142 e. The van der Waals surface area contributed by atoms with Gasteiger partial charge in [-0.25, -0.2) is 0 Å². The van der Waals surface area contributed by atoms with Gasteiger partial charge < -0.3 is 4.79 Å². The van der Waals surface area contributed by atoms with Crippen molar-refractivity contribution < 1.29 is 9.59 Å². The van der Waals surface area contributed by atoms with Crippen LogP contribution in [0.15, 0.2) is 24.3 Å². The van der Waals surface area contributed by atoms with Crippen molar-refractivity contribution in [3.8, 4) is 0 Å². The minimum Gasteiger partial charge on any atom is -0.303 e. The third-order valence-corrected chi connectivity index (χ3v) is 2.88. The number of rotatable bonds is 13. The van der Waals surface area contributed by atoms with Gasteiger partial charge in [0.05, 0.1) is 0 Å². The highest BCUT2D eigenvalue weighted by Crippen LogP contribution is 2.10. The van der Waals surface area contributed by atoms with E-state index in [1.165, 1.54) is 51.0 Å². The van der Waals surface area contributed by atoms with E-state index in [1.807, 2.05) is 6.08 Å². The molecule has 0 aromatic rings. The molecule has 0 unspecified atom stereocenters. The van der Waals surface area contributed by atoms with E-state index in [2.05, 4.69) is 6.08 Å². The maximum atomic E-state index is 10.1. The summed E-state index contributed by atoms with van der Waals surface area (Å²) in [6.07, 6.45) is 20.9. The Hall–Kier alpha value is -1.18. The van der Waals surface area contributed by atoms with Crippen molar-refractivity contribution in [2.75, 3.05) is 0 Å². The average molecular weight is 250 g/mol. The lowest BCUT2D eigenvalue weighted by molar-refractivity contribution is -0.108. The Morgan fingerprint density at radius 1 is 0.556 bits per heavy atom. The molecule has 2 heteroatoms. The number of carbonyl (C=O) groups excluding carboxylic acids is 2. The van der Waals surface area contributed by atoms with Gasteiger partial charge in [0, 0.05) is 6.42 Å². The van der Waals surface area contributed by atoms with Crippen LogP contribution in [0, 0.1) is 0 Å². The standard InChI is InChI=1S/C16H26O2/c17-15-13-11-9-7-5-3-1-2-4-6-8-10-12-14-16-18/h7,9,11,13,15-16H,1-6,8,10,12,14H2. The van der Waals surface area contributed by atoms with E-state index in [1.54, 1.807) is 6.08 Å². The normalized spacial score (nSPS) is 11.3. The molecular formula is C16H26O2. The highest BCUT2D eigenvalue weighted by atomic mass is 16.1. The second-order valence-electron chi connectivity index (χ2n) is 4.52. The molecular weight excluding hydrogens is 224 g/mol. The monoisotopic (exact) mass is 250 g/mol. The van der Waals surface area contributed by atoms with Crippen molar-refractivity contribution in [2.45, 2.75) is 64.2 Å². The summed E-state index contributed by atoms with van der Waals surface area (Å²) < 4.78 is 0. The molecule has 0 atom stereocenters. The minimum atomic E-state index is 0.727. The highest BCUT2D eigenvalue weighted by molar-refractivity contribution is 5.65. The van der Waals surface area contributed by atoms with Crippen molar-refractivity contribution in [1.82, 2.24) is 0 Å². The van der Waals surface area contributed by atoms with Gasteiger partial charge in [0.1, 0.15) is 12.6 Å². The molecule has 0 fully saturated rings. The SMILES string of the molecule is O=CC=CC=CCCCCCCCCCCC=O. The lowest BCUT2D eigenvalue weighted by atomic mass is 10.1. The summed E-state index contributed by atoms with van der Waals surface area (Å²) in [5.41, 5.74) is 0. The summed E-state index contributed by atoms with van der Waals surface area (Å²) >= 11 is 0. The van der Waals surface area contributed by atoms with Crippen molar-refractivity contribution in [1.29, 1.82) is 0 Å². The number of carbonyl (C=O) groups is 2. The molecule has 102 valence electrons. The van der Waals surface area contributed by atoms with E-state index in [9.17, 15) is 9.59 Å². The fraction of sp³-hybridized carbons (Fsp3) is 0.625. The fourth-order valence-corrected chi connectivity index (χ4v) is 1.83. The van der Waals surface area contributed by atoms with E-state index >= 15 is 0 Å². The number of hydrogen-bond donors (Lipinski definition) is 0. The van der Waals surface area contributed by atoms with Crippen LogP contribution in [0.3, 0.4) is 0 Å². The molecule has 0 heterocycles. The van der Waals surface area contributed by atoms with E-state index in [0.717, 1.165) is 31.8 Å². The van der Waals surface area contributed by atoms with Gasteiger partial charge >= 0.3 is 0 Å². The van der Waals surface area contributed by atoms with Crippen molar-refractivity contribution in [3.63, 3.8) is 0 Å². The zero-order valence-electron chi connectivity index (χ0n) is 11.4. The Labute approximate surface area is 111 Å². The Morgan fingerprint density at radius 3 is 1.67 bits per heavy atom. The Morgan fingerprint density at radius 2 is 1.11 bits per heavy atom. The second kappa shape index (κ2) is 15.8. The van der Waals surface area contributed by atoms with Crippen LogP contribution in [0.5, 0.6) is 0 Å². The number of hydrogen-bond acceptors (Lipinski definition) is 2. The van der Waals surface area contributed by atoms with Crippen LogP contribution >= 0.6 is 0 Å². The summed E-state index contributed by atoms with van der Waals surface area (Å²) in [6.45, 7) is 0. The first-order chi connectivity index (χ1) is 8.91. The second-order valence-corrected chi connectivity index (χ2v) is 4.52. The molecule has 0 bridgehead atoms. The van der Waals surface area contributed by atoms with E-state index < -0.39 is 0 Å². The first kappa shape index (κ1) is 16.8. The van der Waals surface area contributed by atoms with Crippen LogP contribution in [0.25, 0.3) is 0 Å². The molecule has 0 aromatic heterocycles. The summed E-state index contributed by atoms with van der Waals surface area (Å²) in [7, 11) is 0. The van der Waals surface area contributed by atoms with Gasteiger partial charge in [-0.05, 0) is 25.3 Å². The van der Waals surface area contributed by atoms with Gasteiger partial charge in [-0.2, -0.15) is 0 Å². The molecule has 0 aliphatic heterocycles. The van der Waals surface area contributed by atoms with Crippen LogP contribution in [-0.2, 0) is 9.59 Å². The maximum absolute atomic E-state index is 10.1. The first-order valence-electron chi connectivity index (χ1n) is 7.12. The van der Waals surface area contributed by atoms with Crippen molar-refractivity contribution in [3.05, 3.63) is 24.3 Å². The van der Waals surface area contributed by atoms with Gasteiger partial charge in [0.25, 0.3) is 0 Å². The molecule has 0 rings (SSSR count). The summed E-state index contributed by atoms with van der Waals surface area (Å²) in [6, 6.07) is 0.